The molecular weight excluding hydrogens is 673 g/mol. The van der Waals surface area contributed by atoms with E-state index in [1.165, 1.54) is 69.7 Å². The molecule has 10 aromatic rings. The van der Waals surface area contributed by atoms with Gasteiger partial charge in [-0.2, -0.15) is 0 Å². The SMILES string of the molecule is c1ccc(-c2nc(-c3cccc(-n4c5ccccc5c5cc6c(cc54)C4(CCCC4)c4ccccc4-6)c3)nc(-c3ccc4oc5ccccc5c4c3)n2)cc1. The largest absolute Gasteiger partial charge is 0.456 e. The topological polar surface area (TPSA) is 56.7 Å². The number of fused-ring (bicyclic) bond motifs is 11. The molecule has 0 atom stereocenters. The molecule has 3 heterocycles. The van der Waals surface area contributed by atoms with Crippen LogP contribution in [0, 0.1) is 0 Å². The molecule has 0 amide bonds. The molecule has 1 fully saturated rings. The Morgan fingerprint density at radius 1 is 0.436 bits per heavy atom. The molecule has 12 rings (SSSR count). The zero-order valence-electron chi connectivity index (χ0n) is 30.0. The number of benzene rings is 7. The highest BCUT2D eigenvalue weighted by Gasteiger charge is 2.45. The van der Waals surface area contributed by atoms with E-state index in [-0.39, 0.29) is 5.41 Å². The summed E-state index contributed by atoms with van der Waals surface area (Å²) in [7, 11) is 0. The number of hydrogen-bond acceptors (Lipinski definition) is 4. The molecule has 1 spiro atoms. The Labute approximate surface area is 317 Å². The molecule has 260 valence electrons. The van der Waals surface area contributed by atoms with E-state index in [2.05, 4.69) is 114 Å². The lowest BCUT2D eigenvalue weighted by Crippen LogP contribution is -2.20. The van der Waals surface area contributed by atoms with Gasteiger partial charge in [0.1, 0.15) is 11.2 Å². The molecule has 1 saturated carbocycles. The maximum absolute atomic E-state index is 6.15. The van der Waals surface area contributed by atoms with E-state index in [0.29, 0.717) is 17.5 Å². The number of hydrogen-bond donors (Lipinski definition) is 0. The minimum atomic E-state index is 0.0874. The van der Waals surface area contributed by atoms with Gasteiger partial charge < -0.3 is 8.98 Å². The fraction of sp³-hybridized carbons (Fsp3) is 0.100. The monoisotopic (exact) mass is 706 g/mol. The zero-order valence-corrected chi connectivity index (χ0v) is 30.0. The van der Waals surface area contributed by atoms with Crippen LogP contribution in [-0.4, -0.2) is 19.5 Å². The van der Waals surface area contributed by atoms with Crippen molar-refractivity contribution in [3.05, 3.63) is 169 Å². The molecule has 55 heavy (non-hydrogen) atoms. The van der Waals surface area contributed by atoms with Crippen molar-refractivity contribution in [3.8, 4) is 51.0 Å². The van der Waals surface area contributed by atoms with E-state index in [1.807, 2.05) is 48.5 Å². The minimum Gasteiger partial charge on any atom is -0.456 e. The molecule has 0 bridgehead atoms. The van der Waals surface area contributed by atoms with Gasteiger partial charge in [-0.05, 0) is 89.7 Å². The average Bonchev–Trinajstić information content (AvgIpc) is 4.03. The van der Waals surface area contributed by atoms with Gasteiger partial charge in [-0.25, -0.2) is 15.0 Å². The van der Waals surface area contributed by atoms with E-state index in [0.717, 1.165) is 44.3 Å². The third kappa shape index (κ3) is 4.50. The van der Waals surface area contributed by atoms with Crippen molar-refractivity contribution < 1.29 is 4.42 Å². The smallest absolute Gasteiger partial charge is 0.164 e. The number of rotatable bonds is 4. The van der Waals surface area contributed by atoms with Crippen LogP contribution in [0.5, 0.6) is 0 Å². The van der Waals surface area contributed by atoms with Crippen LogP contribution >= 0.6 is 0 Å². The van der Waals surface area contributed by atoms with Crippen molar-refractivity contribution in [3.63, 3.8) is 0 Å². The predicted molar refractivity (Wildman–Crippen MR) is 222 cm³/mol. The second-order valence-corrected chi connectivity index (χ2v) is 15.1. The first-order valence-corrected chi connectivity index (χ1v) is 19.2. The van der Waals surface area contributed by atoms with Crippen LogP contribution in [0.15, 0.2) is 162 Å². The zero-order chi connectivity index (χ0) is 36.1. The lowest BCUT2D eigenvalue weighted by Gasteiger charge is -2.26. The fourth-order valence-corrected chi connectivity index (χ4v) is 9.71. The van der Waals surface area contributed by atoms with E-state index in [4.69, 9.17) is 19.4 Å². The van der Waals surface area contributed by atoms with Gasteiger partial charge >= 0.3 is 0 Å². The molecule has 5 heteroatoms. The van der Waals surface area contributed by atoms with Gasteiger partial charge in [-0.3, -0.25) is 0 Å². The maximum Gasteiger partial charge on any atom is 0.164 e. The Kier molecular flexibility index (Phi) is 6.44. The van der Waals surface area contributed by atoms with Crippen LogP contribution < -0.4 is 0 Å². The van der Waals surface area contributed by atoms with Gasteiger partial charge in [0.15, 0.2) is 17.5 Å². The molecule has 0 unspecified atom stereocenters. The molecule has 0 radical (unpaired) electrons. The first-order chi connectivity index (χ1) is 27.2. The van der Waals surface area contributed by atoms with Crippen LogP contribution in [0.25, 0.3) is 94.7 Å². The Hall–Kier alpha value is -6.85. The van der Waals surface area contributed by atoms with Crippen LogP contribution in [-0.2, 0) is 5.41 Å². The number of aromatic nitrogens is 4. The molecular formula is C50H34N4O. The normalized spacial score (nSPS) is 14.4. The molecule has 2 aliphatic rings. The standard InChI is InChI=1S/C50H34N4O/c1-2-13-31(14-3-1)47-51-48(53-49(52-47)33-23-24-46-40(28-33)37-19-6-9-22-45(37)55-46)32-15-12-16-34(27-32)54-43-21-8-5-18-36(43)39-29-38-35-17-4-7-20-41(35)50(25-10-11-26-50)42(38)30-44(39)54/h1-9,12-24,27-30H,10-11,25-26H2. The lowest BCUT2D eigenvalue weighted by molar-refractivity contribution is 0.550. The molecule has 5 nitrogen and oxygen atoms in total. The van der Waals surface area contributed by atoms with Gasteiger partial charge in [0.05, 0.1) is 11.0 Å². The van der Waals surface area contributed by atoms with Crippen LogP contribution in [0.2, 0.25) is 0 Å². The van der Waals surface area contributed by atoms with Gasteiger partial charge in [0, 0.05) is 49.3 Å². The summed E-state index contributed by atoms with van der Waals surface area (Å²) in [6.07, 6.45) is 4.94. The lowest BCUT2D eigenvalue weighted by atomic mass is 9.76. The van der Waals surface area contributed by atoms with Gasteiger partial charge in [-0.1, -0.05) is 116 Å². The van der Waals surface area contributed by atoms with Crippen molar-refractivity contribution in [1.82, 2.24) is 19.5 Å². The van der Waals surface area contributed by atoms with Gasteiger partial charge in [0.2, 0.25) is 0 Å². The molecule has 3 aromatic heterocycles. The molecule has 2 aliphatic carbocycles. The Balaban J connectivity index is 1.05. The van der Waals surface area contributed by atoms with Crippen LogP contribution in [0.4, 0.5) is 0 Å². The summed E-state index contributed by atoms with van der Waals surface area (Å²) in [5.74, 6) is 1.89. The fourth-order valence-electron chi connectivity index (χ4n) is 9.71. The molecule has 0 N–H and O–H groups in total. The van der Waals surface area contributed by atoms with Crippen molar-refractivity contribution in [2.24, 2.45) is 0 Å². The first-order valence-electron chi connectivity index (χ1n) is 19.2. The summed E-state index contributed by atoms with van der Waals surface area (Å²) in [6.45, 7) is 0. The molecule has 0 aliphatic heterocycles. The van der Waals surface area contributed by atoms with Crippen LogP contribution in [0.1, 0.15) is 36.8 Å². The van der Waals surface area contributed by atoms with Crippen molar-refractivity contribution in [2.45, 2.75) is 31.1 Å². The van der Waals surface area contributed by atoms with Crippen molar-refractivity contribution >= 4 is 43.7 Å². The Bertz CT molecular complexity index is 3170. The summed E-state index contributed by atoms with van der Waals surface area (Å²) in [5, 5.41) is 4.65. The van der Waals surface area contributed by atoms with Crippen LogP contribution in [0.3, 0.4) is 0 Å². The van der Waals surface area contributed by atoms with E-state index in [9.17, 15) is 0 Å². The second kappa shape index (κ2) is 11.6. The second-order valence-electron chi connectivity index (χ2n) is 15.1. The number of furan rings is 1. The average molecular weight is 707 g/mol. The quantitative estimate of drug-likeness (QED) is 0.183. The summed E-state index contributed by atoms with van der Waals surface area (Å²) in [5.41, 5.74) is 13.9. The highest BCUT2D eigenvalue weighted by atomic mass is 16.3. The Morgan fingerprint density at radius 3 is 1.96 bits per heavy atom. The summed E-state index contributed by atoms with van der Waals surface area (Å²) in [6, 6.07) is 56.1. The third-order valence-electron chi connectivity index (χ3n) is 12.2. The minimum absolute atomic E-state index is 0.0874. The van der Waals surface area contributed by atoms with E-state index in [1.54, 1.807) is 0 Å². The van der Waals surface area contributed by atoms with E-state index < -0.39 is 0 Å². The predicted octanol–water partition coefficient (Wildman–Crippen LogP) is 12.7. The highest BCUT2D eigenvalue weighted by molar-refractivity contribution is 6.12. The number of para-hydroxylation sites is 2. The van der Waals surface area contributed by atoms with E-state index >= 15 is 0 Å². The summed E-state index contributed by atoms with van der Waals surface area (Å²) < 4.78 is 8.59. The summed E-state index contributed by atoms with van der Waals surface area (Å²) >= 11 is 0. The maximum atomic E-state index is 6.15. The molecule has 0 saturated heterocycles. The summed E-state index contributed by atoms with van der Waals surface area (Å²) in [4.78, 5) is 15.3. The number of nitrogens with zero attached hydrogens (tertiary/aromatic N) is 4. The van der Waals surface area contributed by atoms with Gasteiger partial charge in [-0.15, -0.1) is 0 Å². The third-order valence-corrected chi connectivity index (χ3v) is 12.2. The van der Waals surface area contributed by atoms with Gasteiger partial charge in [0.25, 0.3) is 0 Å². The Morgan fingerprint density at radius 2 is 1.11 bits per heavy atom. The van der Waals surface area contributed by atoms with Crippen molar-refractivity contribution in [1.29, 1.82) is 0 Å². The highest BCUT2D eigenvalue weighted by Crippen LogP contribution is 2.58. The molecule has 7 aromatic carbocycles. The van der Waals surface area contributed by atoms with Crippen molar-refractivity contribution in [2.75, 3.05) is 0 Å². The first kappa shape index (κ1) is 30.6.